The van der Waals surface area contributed by atoms with Crippen LogP contribution in [0.15, 0.2) is 66.7 Å². The highest BCUT2D eigenvalue weighted by atomic mass is 32.2. The lowest BCUT2D eigenvalue weighted by Crippen LogP contribution is -2.50. The molecule has 2 heterocycles. The van der Waals surface area contributed by atoms with E-state index in [4.69, 9.17) is 0 Å². The van der Waals surface area contributed by atoms with Gasteiger partial charge in [0.05, 0.1) is 12.2 Å². The van der Waals surface area contributed by atoms with Crippen LogP contribution in [0.1, 0.15) is 21.5 Å². The minimum atomic E-state index is -1.34. The Morgan fingerprint density at radius 3 is 2.34 bits per heavy atom. The van der Waals surface area contributed by atoms with Crippen LogP contribution in [-0.2, 0) is 16.2 Å². The number of hydrogen-bond acceptors (Lipinski definition) is 3. The fourth-order valence-corrected chi connectivity index (χ4v) is 5.78. The Kier molecular flexibility index (Phi) is 4.97. The molecule has 0 bridgehead atoms. The van der Waals surface area contributed by atoms with Gasteiger partial charge >= 0.3 is 0 Å². The Balaban J connectivity index is 1.59. The molecule has 5 rings (SSSR count). The molecule has 8 heteroatoms. The molecular weight excluding hydrogens is 437 g/mol. The number of carbonyl (C=O) groups is 2. The van der Waals surface area contributed by atoms with Gasteiger partial charge in [-0.15, -0.1) is 11.8 Å². The van der Waals surface area contributed by atoms with E-state index in [1.165, 1.54) is 51.9 Å². The van der Waals surface area contributed by atoms with Crippen LogP contribution < -0.4 is 4.90 Å². The zero-order chi connectivity index (χ0) is 22.5. The number of benzene rings is 3. The van der Waals surface area contributed by atoms with Crippen molar-refractivity contribution in [2.24, 2.45) is 0 Å². The van der Waals surface area contributed by atoms with E-state index in [9.17, 15) is 22.8 Å². The summed E-state index contributed by atoms with van der Waals surface area (Å²) in [6, 6.07) is 15.7. The van der Waals surface area contributed by atoms with Crippen LogP contribution in [0, 0.1) is 17.5 Å². The molecule has 0 unspecified atom stereocenters. The number of halogens is 3. The van der Waals surface area contributed by atoms with Gasteiger partial charge in [0.15, 0.2) is 4.87 Å². The number of para-hydroxylation sites is 1. The van der Waals surface area contributed by atoms with Crippen LogP contribution in [0.3, 0.4) is 0 Å². The van der Waals surface area contributed by atoms with Crippen molar-refractivity contribution < 1.29 is 22.8 Å². The van der Waals surface area contributed by atoms with E-state index in [0.717, 1.165) is 12.1 Å². The average Bonchev–Trinajstić information content (AvgIpc) is 3.33. The molecule has 162 valence electrons. The summed E-state index contributed by atoms with van der Waals surface area (Å²) in [6.07, 6.45) is 0. The van der Waals surface area contributed by atoms with Crippen molar-refractivity contribution in [2.75, 3.05) is 17.2 Å². The Morgan fingerprint density at radius 2 is 1.62 bits per heavy atom. The molecule has 0 N–H and O–H groups in total. The third-order valence-electron chi connectivity index (χ3n) is 5.82. The SMILES string of the molecule is O=C(c1ccc(F)cc1)N1CCS[C@]12C(=O)N(Cc1c(F)cccc1F)c1ccccc12. The lowest BCUT2D eigenvalue weighted by atomic mass is 10.0. The topological polar surface area (TPSA) is 40.6 Å². The number of rotatable bonds is 3. The molecule has 3 aromatic rings. The van der Waals surface area contributed by atoms with Crippen molar-refractivity contribution in [3.8, 4) is 0 Å². The highest BCUT2D eigenvalue weighted by Crippen LogP contribution is 2.54. The zero-order valence-corrected chi connectivity index (χ0v) is 17.5. The van der Waals surface area contributed by atoms with Crippen LogP contribution in [0.5, 0.6) is 0 Å². The van der Waals surface area contributed by atoms with E-state index in [2.05, 4.69) is 0 Å². The maximum Gasteiger partial charge on any atom is 0.268 e. The predicted molar refractivity (Wildman–Crippen MR) is 116 cm³/mol. The summed E-state index contributed by atoms with van der Waals surface area (Å²) in [5.74, 6) is -2.28. The smallest absolute Gasteiger partial charge is 0.268 e. The highest BCUT2D eigenvalue weighted by molar-refractivity contribution is 8.01. The Morgan fingerprint density at radius 1 is 0.938 bits per heavy atom. The van der Waals surface area contributed by atoms with E-state index in [-0.39, 0.29) is 17.7 Å². The minimum Gasteiger partial charge on any atom is -0.311 e. The van der Waals surface area contributed by atoms with E-state index in [1.54, 1.807) is 24.3 Å². The first kappa shape index (κ1) is 20.6. The quantitative estimate of drug-likeness (QED) is 0.577. The van der Waals surface area contributed by atoms with E-state index < -0.39 is 34.1 Å². The first-order valence-corrected chi connectivity index (χ1v) is 11.0. The van der Waals surface area contributed by atoms with Gasteiger partial charge < -0.3 is 9.80 Å². The van der Waals surface area contributed by atoms with Gasteiger partial charge in [-0.2, -0.15) is 0 Å². The van der Waals surface area contributed by atoms with Gasteiger partial charge in [-0.3, -0.25) is 9.59 Å². The molecule has 2 aliphatic rings. The van der Waals surface area contributed by atoms with Gasteiger partial charge in [0.1, 0.15) is 17.5 Å². The lowest BCUT2D eigenvalue weighted by molar-refractivity contribution is -0.123. The predicted octanol–water partition coefficient (Wildman–Crippen LogP) is 4.69. The Hall–Kier alpha value is -3.26. The third-order valence-corrected chi connectivity index (χ3v) is 7.23. The summed E-state index contributed by atoms with van der Waals surface area (Å²) in [4.78, 5) is 28.6. The molecule has 32 heavy (non-hydrogen) atoms. The Labute approximate surface area is 186 Å². The van der Waals surface area contributed by atoms with Crippen molar-refractivity contribution in [3.63, 3.8) is 0 Å². The normalized spacial score (nSPS) is 19.7. The van der Waals surface area contributed by atoms with Gasteiger partial charge in [-0.1, -0.05) is 24.3 Å². The maximum absolute atomic E-state index is 14.4. The van der Waals surface area contributed by atoms with Crippen molar-refractivity contribution in [1.82, 2.24) is 4.90 Å². The van der Waals surface area contributed by atoms with Gasteiger partial charge in [0, 0.05) is 29.0 Å². The zero-order valence-electron chi connectivity index (χ0n) is 16.7. The average molecular weight is 454 g/mol. The monoisotopic (exact) mass is 454 g/mol. The van der Waals surface area contributed by atoms with Crippen LogP contribution in [0.25, 0.3) is 0 Å². The van der Waals surface area contributed by atoms with Gasteiger partial charge in [0.25, 0.3) is 11.8 Å². The van der Waals surface area contributed by atoms with E-state index in [0.29, 0.717) is 23.5 Å². The molecule has 0 aromatic heterocycles. The molecule has 2 amide bonds. The lowest BCUT2D eigenvalue weighted by Gasteiger charge is -2.33. The van der Waals surface area contributed by atoms with E-state index >= 15 is 0 Å². The Bertz CT molecular complexity index is 1210. The number of amides is 2. The first-order chi connectivity index (χ1) is 15.4. The van der Waals surface area contributed by atoms with Gasteiger partial charge in [-0.05, 0) is 42.5 Å². The summed E-state index contributed by atoms with van der Waals surface area (Å²) in [5.41, 5.74) is 1.15. The van der Waals surface area contributed by atoms with E-state index in [1.807, 2.05) is 0 Å². The fourth-order valence-electron chi connectivity index (χ4n) is 4.31. The number of carbonyl (C=O) groups excluding carboxylic acids is 2. The highest BCUT2D eigenvalue weighted by Gasteiger charge is 2.59. The van der Waals surface area contributed by atoms with Crippen LogP contribution in [0.2, 0.25) is 0 Å². The second-order valence-electron chi connectivity index (χ2n) is 7.56. The van der Waals surface area contributed by atoms with Crippen LogP contribution >= 0.6 is 11.8 Å². The summed E-state index contributed by atoms with van der Waals surface area (Å²) in [6.45, 7) is 0.0120. The number of fused-ring (bicyclic) bond motifs is 2. The third kappa shape index (κ3) is 3.01. The molecule has 1 atom stereocenters. The second kappa shape index (κ2) is 7.70. The minimum absolute atomic E-state index is 0.216. The maximum atomic E-state index is 14.4. The van der Waals surface area contributed by atoms with Crippen molar-refractivity contribution >= 4 is 29.3 Å². The second-order valence-corrected chi connectivity index (χ2v) is 8.85. The van der Waals surface area contributed by atoms with Crippen LogP contribution in [0.4, 0.5) is 18.9 Å². The molecule has 1 saturated heterocycles. The first-order valence-electron chi connectivity index (χ1n) is 9.99. The molecule has 0 saturated carbocycles. The van der Waals surface area contributed by atoms with Crippen molar-refractivity contribution in [2.45, 2.75) is 11.4 Å². The number of hydrogen-bond donors (Lipinski definition) is 0. The molecule has 2 aliphatic heterocycles. The number of anilines is 1. The van der Waals surface area contributed by atoms with Gasteiger partial charge in [-0.25, -0.2) is 13.2 Å². The summed E-state index contributed by atoms with van der Waals surface area (Å²) < 4.78 is 42.1. The largest absolute Gasteiger partial charge is 0.311 e. The summed E-state index contributed by atoms with van der Waals surface area (Å²) in [7, 11) is 0. The molecule has 1 fully saturated rings. The summed E-state index contributed by atoms with van der Waals surface area (Å²) >= 11 is 1.31. The summed E-state index contributed by atoms with van der Waals surface area (Å²) in [5, 5.41) is 0. The molecule has 1 spiro atoms. The fraction of sp³-hybridized carbons (Fsp3) is 0.167. The molecule has 4 nitrogen and oxygen atoms in total. The number of nitrogens with zero attached hydrogens (tertiary/aromatic N) is 2. The van der Waals surface area contributed by atoms with Gasteiger partial charge in [0.2, 0.25) is 0 Å². The molecule has 0 radical (unpaired) electrons. The number of thioether (sulfide) groups is 1. The van der Waals surface area contributed by atoms with Crippen LogP contribution in [-0.4, -0.2) is 29.0 Å². The molecule has 3 aromatic carbocycles. The van der Waals surface area contributed by atoms with Crippen molar-refractivity contribution in [3.05, 3.63) is 101 Å². The molecule has 0 aliphatic carbocycles. The van der Waals surface area contributed by atoms with Crippen molar-refractivity contribution in [1.29, 1.82) is 0 Å². The molecular formula is C24H17F3N2O2S. The standard InChI is InChI=1S/C24H17F3N2O2S/c25-16-10-8-15(9-11-16)22(30)29-12-13-32-24(29)18-4-1-2-7-21(18)28(23(24)31)14-17-19(26)5-3-6-20(17)27/h1-11H,12-14H2/t24-/m1/s1.